The van der Waals surface area contributed by atoms with Gasteiger partial charge in [0.05, 0.1) is 5.56 Å². The summed E-state index contributed by atoms with van der Waals surface area (Å²) in [6.45, 7) is 5.24. The fraction of sp³-hybridized carbons (Fsp3) is 0.333. The zero-order valence-electron chi connectivity index (χ0n) is 9.31. The van der Waals surface area contributed by atoms with Crippen molar-refractivity contribution in [2.45, 2.75) is 25.6 Å². The van der Waals surface area contributed by atoms with Crippen molar-refractivity contribution in [2.24, 2.45) is 5.73 Å². The van der Waals surface area contributed by atoms with Crippen molar-refractivity contribution in [1.82, 2.24) is 0 Å². The molecule has 0 saturated heterocycles. The second-order valence-corrected chi connectivity index (χ2v) is 3.97. The predicted octanol–water partition coefficient (Wildman–Crippen LogP) is 3.81. The van der Waals surface area contributed by atoms with Crippen LogP contribution in [-0.2, 0) is 6.18 Å². The number of rotatable bonds is 3. The highest BCUT2D eigenvalue weighted by atomic mass is 19.4. The van der Waals surface area contributed by atoms with Crippen molar-refractivity contribution in [1.29, 1.82) is 0 Å². The predicted molar refractivity (Wildman–Crippen MR) is 57.8 cm³/mol. The Kier molecular flexibility index (Phi) is 3.93. The molecule has 1 atom stereocenters. The fourth-order valence-corrected chi connectivity index (χ4v) is 1.63. The van der Waals surface area contributed by atoms with Crippen LogP contribution in [0.4, 0.5) is 17.6 Å². The molecule has 0 unspecified atom stereocenters. The van der Waals surface area contributed by atoms with Gasteiger partial charge in [-0.2, -0.15) is 13.2 Å². The highest BCUT2D eigenvalue weighted by Crippen LogP contribution is 2.37. The van der Waals surface area contributed by atoms with Crippen LogP contribution in [-0.4, -0.2) is 0 Å². The molecule has 0 fully saturated rings. The normalized spacial score (nSPS) is 13.5. The number of nitrogens with two attached hydrogens (primary N) is 1. The average molecular weight is 247 g/mol. The Morgan fingerprint density at radius 2 is 2.00 bits per heavy atom. The number of hydrogen-bond donors (Lipinski definition) is 1. The van der Waals surface area contributed by atoms with Crippen LogP contribution in [0.15, 0.2) is 30.4 Å². The van der Waals surface area contributed by atoms with Crippen LogP contribution < -0.4 is 5.73 Å². The molecule has 0 amide bonds. The van der Waals surface area contributed by atoms with Crippen molar-refractivity contribution in [3.63, 3.8) is 0 Å². The van der Waals surface area contributed by atoms with Crippen LogP contribution in [0.5, 0.6) is 0 Å². The van der Waals surface area contributed by atoms with Gasteiger partial charge in [0.1, 0.15) is 5.82 Å². The Bertz CT molecular complexity index is 423. The SMILES string of the molecule is C=C(C)C[C@H](N)c1cccc(F)c1C(F)(F)F. The highest BCUT2D eigenvalue weighted by molar-refractivity contribution is 5.34. The molecule has 1 nitrogen and oxygen atoms in total. The van der Waals surface area contributed by atoms with Gasteiger partial charge in [-0.05, 0) is 25.0 Å². The van der Waals surface area contributed by atoms with E-state index in [-0.39, 0.29) is 12.0 Å². The number of halogens is 4. The van der Waals surface area contributed by atoms with E-state index in [1.807, 2.05) is 0 Å². The van der Waals surface area contributed by atoms with Gasteiger partial charge in [-0.1, -0.05) is 17.7 Å². The zero-order chi connectivity index (χ0) is 13.2. The minimum atomic E-state index is -4.74. The summed E-state index contributed by atoms with van der Waals surface area (Å²) in [4.78, 5) is 0. The first kappa shape index (κ1) is 13.7. The summed E-state index contributed by atoms with van der Waals surface area (Å²) in [6, 6.07) is 2.29. The lowest BCUT2D eigenvalue weighted by atomic mass is 9.95. The Morgan fingerprint density at radius 1 is 1.41 bits per heavy atom. The lowest BCUT2D eigenvalue weighted by molar-refractivity contribution is -0.140. The van der Waals surface area contributed by atoms with Crippen LogP contribution in [0.1, 0.15) is 30.5 Å². The molecule has 94 valence electrons. The number of alkyl halides is 3. The highest BCUT2D eigenvalue weighted by Gasteiger charge is 2.37. The zero-order valence-corrected chi connectivity index (χ0v) is 9.31. The molecular formula is C12H13F4N. The maximum Gasteiger partial charge on any atom is 0.419 e. The molecule has 0 spiro atoms. The van der Waals surface area contributed by atoms with Crippen molar-refractivity contribution in [3.05, 3.63) is 47.3 Å². The van der Waals surface area contributed by atoms with E-state index in [0.717, 1.165) is 6.07 Å². The average Bonchev–Trinajstić information content (AvgIpc) is 2.14. The van der Waals surface area contributed by atoms with E-state index < -0.39 is 23.6 Å². The summed E-state index contributed by atoms with van der Waals surface area (Å²) in [5, 5.41) is 0. The summed E-state index contributed by atoms with van der Waals surface area (Å²) in [6.07, 6.45) is -4.56. The first-order chi connectivity index (χ1) is 7.73. The Labute approximate surface area is 96.9 Å². The fourth-order valence-electron chi connectivity index (χ4n) is 1.63. The van der Waals surface area contributed by atoms with Crippen molar-refractivity contribution in [2.75, 3.05) is 0 Å². The molecule has 1 aromatic carbocycles. The quantitative estimate of drug-likeness (QED) is 0.638. The van der Waals surface area contributed by atoms with Gasteiger partial charge in [0.15, 0.2) is 0 Å². The lowest BCUT2D eigenvalue weighted by Crippen LogP contribution is -2.19. The lowest BCUT2D eigenvalue weighted by Gasteiger charge is -2.18. The second-order valence-electron chi connectivity index (χ2n) is 3.97. The van der Waals surface area contributed by atoms with Crippen LogP contribution in [0.25, 0.3) is 0 Å². The van der Waals surface area contributed by atoms with Crippen LogP contribution in [0, 0.1) is 5.82 Å². The van der Waals surface area contributed by atoms with Crippen LogP contribution >= 0.6 is 0 Å². The minimum absolute atomic E-state index is 0.187. The topological polar surface area (TPSA) is 26.0 Å². The summed E-state index contributed by atoms with van der Waals surface area (Å²) in [7, 11) is 0. The molecule has 0 saturated carbocycles. The molecule has 2 N–H and O–H groups in total. The first-order valence-electron chi connectivity index (χ1n) is 4.99. The minimum Gasteiger partial charge on any atom is -0.324 e. The molecule has 1 aromatic rings. The maximum absolute atomic E-state index is 13.2. The van der Waals surface area contributed by atoms with E-state index in [1.54, 1.807) is 6.92 Å². The third kappa shape index (κ3) is 3.30. The Balaban J connectivity index is 3.24. The number of hydrogen-bond acceptors (Lipinski definition) is 1. The molecule has 0 aliphatic heterocycles. The van der Waals surface area contributed by atoms with Gasteiger partial charge < -0.3 is 5.73 Å². The van der Waals surface area contributed by atoms with E-state index in [9.17, 15) is 17.6 Å². The third-order valence-corrected chi connectivity index (χ3v) is 2.30. The molecule has 0 aliphatic rings. The largest absolute Gasteiger partial charge is 0.419 e. The van der Waals surface area contributed by atoms with E-state index in [2.05, 4.69) is 6.58 Å². The van der Waals surface area contributed by atoms with Gasteiger partial charge in [0, 0.05) is 6.04 Å². The maximum atomic E-state index is 13.2. The molecule has 0 aliphatic carbocycles. The summed E-state index contributed by atoms with van der Waals surface area (Å²) in [5.41, 5.74) is 4.76. The summed E-state index contributed by atoms with van der Waals surface area (Å²) < 4.78 is 51.3. The summed E-state index contributed by atoms with van der Waals surface area (Å²) >= 11 is 0. The molecule has 0 radical (unpaired) electrons. The molecular weight excluding hydrogens is 234 g/mol. The monoisotopic (exact) mass is 247 g/mol. The van der Waals surface area contributed by atoms with Gasteiger partial charge in [0.25, 0.3) is 0 Å². The van der Waals surface area contributed by atoms with Gasteiger partial charge in [-0.25, -0.2) is 4.39 Å². The Hall–Kier alpha value is -1.36. The molecule has 0 heterocycles. The molecule has 0 bridgehead atoms. The second kappa shape index (κ2) is 4.87. The summed E-state index contributed by atoms with van der Waals surface area (Å²) in [5.74, 6) is -1.30. The standard InChI is InChI=1S/C12H13F4N/c1-7(2)6-10(17)8-4-3-5-9(13)11(8)12(14,15)16/h3-5,10H,1,6,17H2,2H3/t10-/m0/s1. The molecule has 5 heteroatoms. The van der Waals surface area contributed by atoms with E-state index in [1.165, 1.54) is 12.1 Å². The van der Waals surface area contributed by atoms with Gasteiger partial charge in [0.2, 0.25) is 0 Å². The smallest absolute Gasteiger partial charge is 0.324 e. The van der Waals surface area contributed by atoms with Crippen LogP contribution in [0.2, 0.25) is 0 Å². The number of benzene rings is 1. The first-order valence-corrected chi connectivity index (χ1v) is 4.99. The van der Waals surface area contributed by atoms with Gasteiger partial charge in [-0.15, -0.1) is 6.58 Å². The van der Waals surface area contributed by atoms with E-state index >= 15 is 0 Å². The molecule has 0 aromatic heterocycles. The third-order valence-electron chi connectivity index (χ3n) is 2.30. The van der Waals surface area contributed by atoms with Gasteiger partial charge >= 0.3 is 6.18 Å². The van der Waals surface area contributed by atoms with Gasteiger partial charge in [-0.3, -0.25) is 0 Å². The van der Waals surface area contributed by atoms with E-state index in [0.29, 0.717) is 5.57 Å². The van der Waals surface area contributed by atoms with Crippen LogP contribution in [0.3, 0.4) is 0 Å². The van der Waals surface area contributed by atoms with E-state index in [4.69, 9.17) is 5.73 Å². The molecule has 17 heavy (non-hydrogen) atoms. The Morgan fingerprint density at radius 3 is 2.47 bits per heavy atom. The van der Waals surface area contributed by atoms with Crippen molar-refractivity contribution in [3.8, 4) is 0 Å². The van der Waals surface area contributed by atoms with Crippen molar-refractivity contribution < 1.29 is 17.6 Å². The molecule has 1 rings (SSSR count). The van der Waals surface area contributed by atoms with Crippen molar-refractivity contribution >= 4 is 0 Å².